The van der Waals surface area contributed by atoms with Gasteiger partial charge in [0, 0.05) is 32.7 Å². The van der Waals surface area contributed by atoms with Crippen molar-refractivity contribution in [2.75, 3.05) is 19.6 Å². The maximum Gasteiger partial charge on any atom is 0.0237 e. The molecule has 2 heteroatoms. The fraction of sp³-hybridized carbons (Fsp3) is 0.333. The summed E-state index contributed by atoms with van der Waals surface area (Å²) < 4.78 is 0. The van der Waals surface area contributed by atoms with Crippen LogP contribution in [-0.4, -0.2) is 24.5 Å². The van der Waals surface area contributed by atoms with Crippen LogP contribution in [0.4, 0.5) is 0 Å². The highest BCUT2D eigenvalue weighted by molar-refractivity contribution is 5.27. The average Bonchev–Trinajstić information content (AvgIpc) is 2.48. The topological polar surface area (TPSA) is 15.3 Å². The molecule has 0 aromatic heterocycles. The summed E-state index contributed by atoms with van der Waals surface area (Å²) in [6.07, 6.45) is 1.13. The van der Waals surface area contributed by atoms with Gasteiger partial charge in [-0.25, -0.2) is 0 Å². The molecule has 0 radical (unpaired) electrons. The molecule has 0 atom stereocenters. The summed E-state index contributed by atoms with van der Waals surface area (Å²) in [5.74, 6) is 0. The fourth-order valence-electron chi connectivity index (χ4n) is 2.79. The lowest BCUT2D eigenvalue weighted by molar-refractivity contribution is 0.261. The lowest BCUT2D eigenvalue weighted by Crippen LogP contribution is -2.35. The monoisotopic (exact) mass is 266 g/mol. The van der Waals surface area contributed by atoms with Crippen molar-refractivity contribution >= 4 is 0 Å². The third kappa shape index (κ3) is 3.47. The van der Waals surface area contributed by atoms with Gasteiger partial charge in [-0.15, -0.1) is 0 Å². The van der Waals surface area contributed by atoms with Gasteiger partial charge in [0.2, 0.25) is 0 Å². The number of rotatable bonds is 3. The molecule has 1 heterocycles. The molecule has 104 valence electrons. The summed E-state index contributed by atoms with van der Waals surface area (Å²) in [7, 11) is 0. The molecular formula is C18H22N2. The minimum atomic E-state index is 1.00. The van der Waals surface area contributed by atoms with Crippen LogP contribution in [-0.2, 0) is 19.5 Å². The van der Waals surface area contributed by atoms with Crippen molar-refractivity contribution in [2.45, 2.75) is 19.5 Å². The van der Waals surface area contributed by atoms with Gasteiger partial charge >= 0.3 is 0 Å². The predicted octanol–water partition coefficient (Wildman–Crippen LogP) is 2.83. The molecule has 1 aliphatic heterocycles. The SMILES string of the molecule is c1ccc(CCN2CCNCc3ccccc3C2)cc1. The van der Waals surface area contributed by atoms with E-state index < -0.39 is 0 Å². The van der Waals surface area contributed by atoms with E-state index in [-0.39, 0.29) is 0 Å². The Morgan fingerprint density at radius 2 is 1.65 bits per heavy atom. The van der Waals surface area contributed by atoms with Gasteiger partial charge in [0.1, 0.15) is 0 Å². The second-order valence-corrected chi connectivity index (χ2v) is 5.46. The zero-order valence-corrected chi connectivity index (χ0v) is 11.9. The van der Waals surface area contributed by atoms with E-state index in [0.717, 1.165) is 39.1 Å². The Hall–Kier alpha value is -1.64. The molecule has 0 fully saturated rings. The van der Waals surface area contributed by atoms with Crippen LogP contribution in [0.1, 0.15) is 16.7 Å². The molecule has 0 spiro atoms. The average molecular weight is 266 g/mol. The van der Waals surface area contributed by atoms with Gasteiger partial charge < -0.3 is 5.32 Å². The van der Waals surface area contributed by atoms with Gasteiger partial charge in [-0.3, -0.25) is 4.90 Å². The zero-order chi connectivity index (χ0) is 13.6. The molecule has 0 saturated carbocycles. The van der Waals surface area contributed by atoms with Gasteiger partial charge in [-0.05, 0) is 23.1 Å². The van der Waals surface area contributed by atoms with E-state index >= 15 is 0 Å². The van der Waals surface area contributed by atoms with Crippen LogP contribution in [0.5, 0.6) is 0 Å². The molecule has 20 heavy (non-hydrogen) atoms. The van der Waals surface area contributed by atoms with E-state index in [1.54, 1.807) is 0 Å². The molecular weight excluding hydrogens is 244 g/mol. The van der Waals surface area contributed by atoms with E-state index in [2.05, 4.69) is 64.8 Å². The van der Waals surface area contributed by atoms with Crippen LogP contribution in [0.2, 0.25) is 0 Å². The first kappa shape index (κ1) is 13.3. The minimum Gasteiger partial charge on any atom is -0.311 e. The Morgan fingerprint density at radius 1 is 0.900 bits per heavy atom. The van der Waals surface area contributed by atoms with Crippen molar-refractivity contribution in [3.63, 3.8) is 0 Å². The third-order valence-electron chi connectivity index (χ3n) is 3.99. The first-order valence-electron chi connectivity index (χ1n) is 7.45. The maximum atomic E-state index is 3.53. The smallest absolute Gasteiger partial charge is 0.0237 e. The summed E-state index contributed by atoms with van der Waals surface area (Å²) >= 11 is 0. The van der Waals surface area contributed by atoms with E-state index in [1.165, 1.54) is 16.7 Å². The van der Waals surface area contributed by atoms with Gasteiger partial charge in [0.05, 0.1) is 0 Å². The van der Waals surface area contributed by atoms with E-state index in [0.29, 0.717) is 0 Å². The van der Waals surface area contributed by atoms with E-state index in [4.69, 9.17) is 0 Å². The Morgan fingerprint density at radius 3 is 2.50 bits per heavy atom. The number of hydrogen-bond acceptors (Lipinski definition) is 2. The van der Waals surface area contributed by atoms with Crippen molar-refractivity contribution < 1.29 is 0 Å². The molecule has 1 aliphatic rings. The van der Waals surface area contributed by atoms with Crippen molar-refractivity contribution in [1.82, 2.24) is 10.2 Å². The Bertz CT molecular complexity index is 536. The first-order chi connectivity index (χ1) is 9.92. The zero-order valence-electron chi connectivity index (χ0n) is 11.9. The highest BCUT2D eigenvalue weighted by Gasteiger charge is 2.11. The van der Waals surface area contributed by atoms with Crippen LogP contribution < -0.4 is 5.32 Å². The van der Waals surface area contributed by atoms with Crippen LogP contribution in [0.25, 0.3) is 0 Å². The molecule has 1 N–H and O–H groups in total. The molecule has 3 rings (SSSR count). The van der Waals surface area contributed by atoms with Crippen LogP contribution in [0, 0.1) is 0 Å². The lowest BCUT2D eigenvalue weighted by Gasteiger charge is -2.26. The predicted molar refractivity (Wildman–Crippen MR) is 83.6 cm³/mol. The molecule has 0 unspecified atom stereocenters. The molecule has 0 saturated heterocycles. The highest BCUT2D eigenvalue weighted by atomic mass is 15.1. The highest BCUT2D eigenvalue weighted by Crippen LogP contribution is 2.14. The molecule has 2 nitrogen and oxygen atoms in total. The van der Waals surface area contributed by atoms with Gasteiger partial charge in [0.15, 0.2) is 0 Å². The maximum absolute atomic E-state index is 3.53. The van der Waals surface area contributed by atoms with Crippen molar-refractivity contribution in [3.05, 3.63) is 71.3 Å². The summed E-state index contributed by atoms with van der Waals surface area (Å²) in [4.78, 5) is 2.55. The van der Waals surface area contributed by atoms with Gasteiger partial charge in [-0.1, -0.05) is 54.6 Å². The van der Waals surface area contributed by atoms with Gasteiger partial charge in [0.25, 0.3) is 0 Å². The lowest BCUT2D eigenvalue weighted by atomic mass is 10.1. The quantitative estimate of drug-likeness (QED) is 0.919. The summed E-state index contributed by atoms with van der Waals surface area (Å²) in [5, 5.41) is 3.53. The van der Waals surface area contributed by atoms with E-state index in [1.807, 2.05) is 0 Å². The number of benzene rings is 2. The fourth-order valence-corrected chi connectivity index (χ4v) is 2.79. The largest absolute Gasteiger partial charge is 0.311 e. The van der Waals surface area contributed by atoms with Crippen LogP contribution in [0.3, 0.4) is 0 Å². The minimum absolute atomic E-state index is 1.00. The molecule has 2 aromatic carbocycles. The summed E-state index contributed by atoms with van der Waals surface area (Å²) in [6.45, 7) is 5.40. The van der Waals surface area contributed by atoms with Gasteiger partial charge in [-0.2, -0.15) is 0 Å². The standard InChI is InChI=1S/C18H22N2/c1-2-6-16(7-3-1)10-12-20-13-11-19-14-17-8-4-5-9-18(17)15-20/h1-9,19H,10-15H2. The van der Waals surface area contributed by atoms with E-state index in [9.17, 15) is 0 Å². The normalized spacial score (nSPS) is 16.2. The van der Waals surface area contributed by atoms with Crippen molar-refractivity contribution in [1.29, 1.82) is 0 Å². The number of fused-ring (bicyclic) bond motifs is 1. The Labute approximate surface area is 121 Å². The summed E-state index contributed by atoms with van der Waals surface area (Å²) in [5.41, 5.74) is 4.33. The number of nitrogens with zero attached hydrogens (tertiary/aromatic N) is 1. The molecule has 0 amide bonds. The molecule has 0 bridgehead atoms. The van der Waals surface area contributed by atoms with Crippen molar-refractivity contribution in [2.24, 2.45) is 0 Å². The Kier molecular flexibility index (Phi) is 4.46. The molecule has 0 aliphatic carbocycles. The molecule has 2 aromatic rings. The third-order valence-corrected chi connectivity index (χ3v) is 3.99. The number of hydrogen-bond donors (Lipinski definition) is 1. The Balaban J connectivity index is 1.65. The second-order valence-electron chi connectivity index (χ2n) is 5.46. The number of nitrogens with one attached hydrogen (secondary N) is 1. The first-order valence-corrected chi connectivity index (χ1v) is 7.45. The van der Waals surface area contributed by atoms with Crippen LogP contribution in [0.15, 0.2) is 54.6 Å². The summed E-state index contributed by atoms with van der Waals surface area (Å²) in [6, 6.07) is 19.6. The van der Waals surface area contributed by atoms with Crippen LogP contribution >= 0.6 is 0 Å². The second kappa shape index (κ2) is 6.69. The van der Waals surface area contributed by atoms with Crippen molar-refractivity contribution in [3.8, 4) is 0 Å².